The summed E-state index contributed by atoms with van der Waals surface area (Å²) in [4.78, 5) is 23.6. The molecule has 5 heteroatoms. The average Bonchev–Trinajstić information content (AvgIpc) is 2.02. The number of carbonyl (C=O) groups is 2. The highest BCUT2D eigenvalue weighted by Gasteiger charge is 2.34. The van der Waals surface area contributed by atoms with Gasteiger partial charge >= 0.3 is 0 Å². The van der Waals surface area contributed by atoms with Gasteiger partial charge < -0.3 is 16.0 Å². The highest BCUT2D eigenvalue weighted by atomic mass is 16.2. The average molecular weight is 185 g/mol. The number of hydrogen-bond acceptors (Lipinski definition) is 3. The Bertz CT molecular complexity index is 227. The Labute approximate surface area is 77.3 Å². The van der Waals surface area contributed by atoms with E-state index in [0.717, 1.165) is 0 Å². The molecule has 1 aliphatic rings. The maximum absolute atomic E-state index is 11.2. The summed E-state index contributed by atoms with van der Waals surface area (Å²) in [5.41, 5.74) is 5.37. The summed E-state index contributed by atoms with van der Waals surface area (Å²) in [6.07, 6.45) is 0. The van der Waals surface area contributed by atoms with E-state index in [0.29, 0.717) is 6.54 Å². The van der Waals surface area contributed by atoms with Gasteiger partial charge in [-0.05, 0) is 13.8 Å². The molecule has 1 saturated heterocycles. The van der Waals surface area contributed by atoms with Crippen molar-refractivity contribution in [2.75, 3.05) is 13.1 Å². The molecule has 0 spiro atoms. The van der Waals surface area contributed by atoms with Crippen LogP contribution in [0.1, 0.15) is 13.8 Å². The van der Waals surface area contributed by atoms with Gasteiger partial charge in [0, 0.05) is 12.6 Å². The number of rotatable bonds is 3. The van der Waals surface area contributed by atoms with Crippen LogP contribution in [0.4, 0.5) is 0 Å². The van der Waals surface area contributed by atoms with Crippen molar-refractivity contribution in [3.05, 3.63) is 0 Å². The monoisotopic (exact) mass is 185 g/mol. The smallest absolute Gasteiger partial charge is 0.241 e. The van der Waals surface area contributed by atoms with E-state index >= 15 is 0 Å². The van der Waals surface area contributed by atoms with Crippen LogP contribution in [0.3, 0.4) is 0 Å². The number of β-lactam (4-membered cyclic amide) rings is 1. The zero-order valence-electron chi connectivity index (χ0n) is 7.91. The maximum Gasteiger partial charge on any atom is 0.241 e. The second kappa shape index (κ2) is 3.74. The minimum Gasteiger partial charge on any atom is -0.352 e. The number of amides is 2. The van der Waals surface area contributed by atoms with E-state index in [4.69, 9.17) is 5.73 Å². The minimum atomic E-state index is -0.396. The highest BCUT2D eigenvalue weighted by molar-refractivity contribution is 5.91. The van der Waals surface area contributed by atoms with E-state index in [9.17, 15) is 9.59 Å². The predicted octanol–water partition coefficient (Wildman–Crippen LogP) is -1.32. The Balaban J connectivity index is 2.26. The predicted molar refractivity (Wildman–Crippen MR) is 47.8 cm³/mol. The van der Waals surface area contributed by atoms with Gasteiger partial charge in [-0.25, -0.2) is 0 Å². The van der Waals surface area contributed by atoms with Crippen LogP contribution in [0.15, 0.2) is 0 Å². The van der Waals surface area contributed by atoms with Crippen molar-refractivity contribution in [3.63, 3.8) is 0 Å². The first-order valence-corrected chi connectivity index (χ1v) is 4.34. The Hall–Kier alpha value is -1.10. The lowest BCUT2D eigenvalue weighted by atomic mass is 10.1. The lowest BCUT2D eigenvalue weighted by Crippen LogP contribution is -2.62. The quantitative estimate of drug-likeness (QED) is 0.535. The molecule has 0 aromatic heterocycles. The van der Waals surface area contributed by atoms with Crippen molar-refractivity contribution in [3.8, 4) is 0 Å². The molecule has 74 valence electrons. The van der Waals surface area contributed by atoms with Crippen molar-refractivity contribution in [1.82, 2.24) is 10.2 Å². The molecule has 0 saturated carbocycles. The molecular formula is C8H15N3O2. The van der Waals surface area contributed by atoms with Gasteiger partial charge in [-0.15, -0.1) is 0 Å². The second-order valence-electron chi connectivity index (χ2n) is 3.55. The first-order chi connectivity index (χ1) is 6.00. The number of likely N-dealkylation sites (tertiary alicyclic amines) is 1. The van der Waals surface area contributed by atoms with Crippen LogP contribution in [0.5, 0.6) is 0 Å². The van der Waals surface area contributed by atoms with E-state index in [2.05, 4.69) is 5.32 Å². The van der Waals surface area contributed by atoms with E-state index in [1.807, 2.05) is 13.8 Å². The van der Waals surface area contributed by atoms with E-state index < -0.39 is 6.04 Å². The molecule has 13 heavy (non-hydrogen) atoms. The topological polar surface area (TPSA) is 75.4 Å². The van der Waals surface area contributed by atoms with Crippen LogP contribution < -0.4 is 11.1 Å². The van der Waals surface area contributed by atoms with Crippen molar-refractivity contribution in [2.24, 2.45) is 5.73 Å². The van der Waals surface area contributed by atoms with Gasteiger partial charge in [-0.3, -0.25) is 9.59 Å². The maximum atomic E-state index is 11.2. The summed E-state index contributed by atoms with van der Waals surface area (Å²) in [7, 11) is 0. The zero-order valence-corrected chi connectivity index (χ0v) is 7.91. The van der Waals surface area contributed by atoms with Crippen LogP contribution in [0.2, 0.25) is 0 Å². The molecule has 1 fully saturated rings. The third-order valence-corrected chi connectivity index (χ3v) is 1.83. The van der Waals surface area contributed by atoms with Gasteiger partial charge in [0.05, 0.1) is 6.54 Å². The van der Waals surface area contributed by atoms with E-state index in [-0.39, 0.29) is 24.4 Å². The van der Waals surface area contributed by atoms with Crippen molar-refractivity contribution < 1.29 is 9.59 Å². The number of nitrogens with two attached hydrogens (primary N) is 1. The SMILES string of the molecule is CC(C)NC(=O)CN1CC(N)C1=O. The van der Waals surface area contributed by atoms with Gasteiger partial charge in [0.15, 0.2) is 0 Å². The summed E-state index contributed by atoms with van der Waals surface area (Å²) in [5.74, 6) is -0.269. The summed E-state index contributed by atoms with van der Waals surface area (Å²) in [6.45, 7) is 4.37. The molecule has 1 aliphatic heterocycles. The minimum absolute atomic E-state index is 0.109. The lowest BCUT2D eigenvalue weighted by molar-refractivity contribution is -0.145. The Morgan fingerprint density at radius 1 is 1.77 bits per heavy atom. The van der Waals surface area contributed by atoms with Crippen LogP contribution in [-0.4, -0.2) is 41.9 Å². The van der Waals surface area contributed by atoms with Gasteiger partial charge in [-0.1, -0.05) is 0 Å². The van der Waals surface area contributed by atoms with Crippen molar-refractivity contribution >= 4 is 11.8 Å². The van der Waals surface area contributed by atoms with Crippen LogP contribution in [0.25, 0.3) is 0 Å². The fourth-order valence-electron chi connectivity index (χ4n) is 1.21. The Morgan fingerprint density at radius 2 is 2.38 bits per heavy atom. The number of hydrogen-bond donors (Lipinski definition) is 2. The first-order valence-electron chi connectivity index (χ1n) is 4.34. The third kappa shape index (κ3) is 2.42. The number of carbonyl (C=O) groups excluding carboxylic acids is 2. The van der Waals surface area contributed by atoms with Crippen LogP contribution >= 0.6 is 0 Å². The van der Waals surface area contributed by atoms with Crippen molar-refractivity contribution in [1.29, 1.82) is 0 Å². The molecule has 3 N–H and O–H groups in total. The molecule has 1 atom stereocenters. The summed E-state index contributed by atoms with van der Waals surface area (Å²) in [5, 5.41) is 2.70. The summed E-state index contributed by atoms with van der Waals surface area (Å²) < 4.78 is 0. The summed E-state index contributed by atoms with van der Waals surface area (Å²) in [6, 6.07) is -0.288. The van der Waals surface area contributed by atoms with Crippen molar-refractivity contribution in [2.45, 2.75) is 25.9 Å². The molecule has 2 amide bonds. The summed E-state index contributed by atoms with van der Waals surface area (Å²) >= 11 is 0. The van der Waals surface area contributed by atoms with E-state index in [1.165, 1.54) is 4.90 Å². The number of nitrogens with zero attached hydrogens (tertiary/aromatic N) is 1. The second-order valence-corrected chi connectivity index (χ2v) is 3.55. The van der Waals surface area contributed by atoms with Gasteiger partial charge in [0.25, 0.3) is 0 Å². The normalized spacial score (nSPS) is 21.7. The Kier molecular flexibility index (Phi) is 2.87. The molecule has 1 unspecified atom stereocenters. The van der Waals surface area contributed by atoms with E-state index in [1.54, 1.807) is 0 Å². The van der Waals surface area contributed by atoms with Gasteiger partial charge in [0.1, 0.15) is 6.04 Å². The molecule has 1 heterocycles. The molecule has 5 nitrogen and oxygen atoms in total. The molecule has 0 aromatic carbocycles. The van der Waals surface area contributed by atoms with Gasteiger partial charge in [0.2, 0.25) is 11.8 Å². The molecule has 0 radical (unpaired) electrons. The highest BCUT2D eigenvalue weighted by Crippen LogP contribution is 2.06. The van der Waals surface area contributed by atoms with Crippen LogP contribution in [0, 0.1) is 0 Å². The molecule has 0 bridgehead atoms. The zero-order chi connectivity index (χ0) is 10.0. The standard InChI is InChI=1S/C8H15N3O2/c1-5(2)10-7(12)4-11-3-6(9)8(11)13/h5-6H,3-4,9H2,1-2H3,(H,10,12). The first kappa shape index (κ1) is 9.98. The third-order valence-electron chi connectivity index (χ3n) is 1.83. The largest absolute Gasteiger partial charge is 0.352 e. The van der Waals surface area contributed by atoms with Crippen LogP contribution in [-0.2, 0) is 9.59 Å². The molecule has 0 aromatic rings. The molecule has 0 aliphatic carbocycles. The fourth-order valence-corrected chi connectivity index (χ4v) is 1.21. The Morgan fingerprint density at radius 3 is 2.77 bits per heavy atom. The lowest BCUT2D eigenvalue weighted by Gasteiger charge is -2.35. The fraction of sp³-hybridized carbons (Fsp3) is 0.750. The number of nitrogens with one attached hydrogen (secondary N) is 1. The van der Waals surface area contributed by atoms with Gasteiger partial charge in [-0.2, -0.15) is 0 Å². The molecule has 1 rings (SSSR count). The molecular weight excluding hydrogens is 170 g/mol.